The van der Waals surface area contributed by atoms with Crippen LogP contribution in [0.1, 0.15) is 0 Å². The van der Waals surface area contributed by atoms with Crippen molar-refractivity contribution >= 4 is 27.9 Å². The van der Waals surface area contributed by atoms with E-state index in [1.54, 1.807) is 0 Å². The summed E-state index contributed by atoms with van der Waals surface area (Å²) in [7, 11) is 8.06. The fourth-order valence-electron chi connectivity index (χ4n) is 0.511. The molecule has 0 aliphatic carbocycles. The van der Waals surface area contributed by atoms with Crippen molar-refractivity contribution < 1.29 is 0 Å². The quantitative estimate of drug-likeness (QED) is 0.333. The van der Waals surface area contributed by atoms with E-state index in [9.17, 15) is 0 Å². The molecule has 1 aromatic carbocycles. The third kappa shape index (κ3) is 1.11. The summed E-state index contributed by atoms with van der Waals surface area (Å²) in [5.74, 6) is 0. The van der Waals surface area contributed by atoms with Crippen LogP contribution in [0.5, 0.6) is 0 Å². The van der Waals surface area contributed by atoms with Crippen LogP contribution < -0.4 is 10.8 Å². The van der Waals surface area contributed by atoms with E-state index < -0.39 is 0 Å². The molecule has 0 aromatic heterocycles. The molecule has 0 fully saturated rings. The molecular formula is C6H6BP. The lowest BCUT2D eigenvalue weighted by Gasteiger charge is -1.93. The summed E-state index contributed by atoms with van der Waals surface area (Å²) in [5.41, 5.74) is 0.831. The molecule has 0 bridgehead atoms. The van der Waals surface area contributed by atoms with Gasteiger partial charge in [-0.3, -0.25) is 0 Å². The molecule has 8 heavy (non-hydrogen) atoms. The van der Waals surface area contributed by atoms with Crippen LogP contribution in [0, 0.1) is 0 Å². The first-order chi connectivity index (χ1) is 3.80. The Morgan fingerprint density at radius 3 is 2.25 bits per heavy atom. The highest BCUT2D eigenvalue weighted by molar-refractivity contribution is 7.28. The smallest absolute Gasteiger partial charge is 0.106 e. The molecule has 2 radical (unpaired) electrons. The van der Waals surface area contributed by atoms with Crippen molar-refractivity contribution in [2.24, 2.45) is 0 Å². The summed E-state index contributed by atoms with van der Waals surface area (Å²) in [6.45, 7) is 0. The van der Waals surface area contributed by atoms with Gasteiger partial charge in [0.2, 0.25) is 0 Å². The fourth-order valence-corrected chi connectivity index (χ4v) is 0.718. The minimum absolute atomic E-state index is 0.831. The molecule has 0 saturated heterocycles. The number of benzene rings is 1. The highest BCUT2D eigenvalue weighted by Gasteiger charge is 1.83. The number of hydrogen-bond donors (Lipinski definition) is 0. The molecule has 0 aliphatic rings. The third-order valence-corrected chi connectivity index (χ3v) is 1.52. The molecule has 1 unspecified atom stereocenters. The summed E-state index contributed by atoms with van der Waals surface area (Å²) >= 11 is 0. The lowest BCUT2D eigenvalue weighted by Crippen LogP contribution is -2.17. The van der Waals surface area contributed by atoms with E-state index in [2.05, 4.69) is 9.24 Å². The van der Waals surface area contributed by atoms with Gasteiger partial charge in [0.15, 0.2) is 0 Å². The van der Waals surface area contributed by atoms with Crippen molar-refractivity contribution in [1.82, 2.24) is 0 Å². The van der Waals surface area contributed by atoms with E-state index in [1.165, 1.54) is 0 Å². The average Bonchev–Trinajstić information content (AvgIpc) is 1.77. The molecule has 1 rings (SSSR count). The van der Waals surface area contributed by atoms with Crippen molar-refractivity contribution in [3.05, 3.63) is 24.3 Å². The predicted octanol–water partition coefficient (Wildman–Crippen LogP) is -0.0192. The van der Waals surface area contributed by atoms with Crippen LogP contribution in [0.15, 0.2) is 24.3 Å². The summed E-state index contributed by atoms with van der Waals surface area (Å²) in [6.07, 6.45) is 0. The van der Waals surface area contributed by atoms with Gasteiger partial charge >= 0.3 is 0 Å². The molecule has 0 amide bonds. The third-order valence-electron chi connectivity index (χ3n) is 0.996. The maximum atomic E-state index is 5.50. The van der Waals surface area contributed by atoms with Gasteiger partial charge in [-0.05, 0) is 5.30 Å². The van der Waals surface area contributed by atoms with Gasteiger partial charge in [0, 0.05) is 0 Å². The molecule has 2 heteroatoms. The Balaban J connectivity index is 3.13. The van der Waals surface area contributed by atoms with Gasteiger partial charge in [-0.25, -0.2) is 0 Å². The largest absolute Gasteiger partial charge is 0.114 e. The minimum atomic E-state index is 0.831. The van der Waals surface area contributed by atoms with E-state index in [-0.39, 0.29) is 0 Å². The summed E-state index contributed by atoms with van der Waals surface area (Å²) in [4.78, 5) is 0. The topological polar surface area (TPSA) is 0 Å². The van der Waals surface area contributed by atoms with Crippen LogP contribution in [0.2, 0.25) is 0 Å². The Bertz CT molecular complexity index is 165. The van der Waals surface area contributed by atoms with Gasteiger partial charge in [-0.15, -0.1) is 9.24 Å². The highest BCUT2D eigenvalue weighted by Crippen LogP contribution is 1.83. The zero-order valence-corrected chi connectivity index (χ0v) is 5.62. The normalized spacial score (nSPS) is 9.12. The molecule has 0 heterocycles. The maximum Gasteiger partial charge on any atom is 0.114 e. The van der Waals surface area contributed by atoms with Gasteiger partial charge in [-0.1, -0.05) is 29.7 Å². The lowest BCUT2D eigenvalue weighted by molar-refractivity contribution is 1.83. The second-order valence-electron chi connectivity index (χ2n) is 1.63. The summed E-state index contributed by atoms with van der Waals surface area (Å²) in [6, 6.07) is 7.71. The van der Waals surface area contributed by atoms with Crippen molar-refractivity contribution in [2.75, 3.05) is 0 Å². The Labute approximate surface area is 52.9 Å². The Kier molecular flexibility index (Phi) is 1.70. The van der Waals surface area contributed by atoms with Gasteiger partial charge in [0.05, 0.1) is 0 Å². The van der Waals surface area contributed by atoms with E-state index in [0.717, 1.165) is 10.8 Å². The highest BCUT2D eigenvalue weighted by atomic mass is 31.0. The average molecular weight is 120 g/mol. The molecular weight excluding hydrogens is 114 g/mol. The zero-order valence-electron chi connectivity index (χ0n) is 4.46. The van der Waals surface area contributed by atoms with Gasteiger partial charge in [-0.2, -0.15) is 0 Å². The lowest BCUT2D eigenvalue weighted by atomic mass is 9.97. The van der Waals surface area contributed by atoms with Crippen LogP contribution >= 0.6 is 9.24 Å². The first-order valence-electron chi connectivity index (χ1n) is 2.40. The van der Waals surface area contributed by atoms with Crippen molar-refractivity contribution in [1.29, 1.82) is 0 Å². The standard InChI is InChI=1S/C6H6BP/c7-5-3-1-2-4-6(5)8/h1-4H,8H2. The van der Waals surface area contributed by atoms with E-state index >= 15 is 0 Å². The SMILES string of the molecule is [B]c1ccccc1P. The van der Waals surface area contributed by atoms with E-state index in [1.807, 2.05) is 24.3 Å². The molecule has 0 aliphatic heterocycles. The van der Waals surface area contributed by atoms with Crippen molar-refractivity contribution in [3.63, 3.8) is 0 Å². The molecule has 0 N–H and O–H groups in total. The summed E-state index contributed by atoms with van der Waals surface area (Å²) < 4.78 is 0. The van der Waals surface area contributed by atoms with E-state index in [0.29, 0.717) is 0 Å². The van der Waals surface area contributed by atoms with Crippen molar-refractivity contribution in [2.45, 2.75) is 0 Å². The van der Waals surface area contributed by atoms with Crippen LogP contribution in [-0.4, -0.2) is 7.85 Å². The molecule has 1 atom stereocenters. The molecule has 1 aromatic rings. The van der Waals surface area contributed by atoms with Crippen LogP contribution in [0.3, 0.4) is 0 Å². The predicted molar refractivity (Wildman–Crippen MR) is 41.2 cm³/mol. The second-order valence-corrected chi connectivity index (χ2v) is 2.25. The van der Waals surface area contributed by atoms with Gasteiger partial charge < -0.3 is 0 Å². The number of hydrogen-bond acceptors (Lipinski definition) is 0. The minimum Gasteiger partial charge on any atom is -0.106 e. The maximum absolute atomic E-state index is 5.50. The second kappa shape index (κ2) is 2.32. The van der Waals surface area contributed by atoms with Crippen LogP contribution in [-0.2, 0) is 0 Å². The Hall–Kier alpha value is -0.285. The van der Waals surface area contributed by atoms with Crippen LogP contribution in [0.25, 0.3) is 0 Å². The molecule has 38 valence electrons. The van der Waals surface area contributed by atoms with E-state index in [4.69, 9.17) is 7.85 Å². The zero-order chi connectivity index (χ0) is 5.98. The fraction of sp³-hybridized carbons (Fsp3) is 0. The number of rotatable bonds is 0. The monoisotopic (exact) mass is 120 g/mol. The van der Waals surface area contributed by atoms with Gasteiger partial charge in [0.25, 0.3) is 0 Å². The first kappa shape index (κ1) is 5.84. The van der Waals surface area contributed by atoms with Crippen molar-refractivity contribution in [3.8, 4) is 0 Å². The molecule has 0 saturated carbocycles. The van der Waals surface area contributed by atoms with Gasteiger partial charge in [0.1, 0.15) is 7.85 Å². The molecule has 0 nitrogen and oxygen atoms in total. The first-order valence-corrected chi connectivity index (χ1v) is 2.98. The summed E-state index contributed by atoms with van der Waals surface area (Å²) in [5, 5.41) is 1.06. The molecule has 0 spiro atoms. The van der Waals surface area contributed by atoms with Crippen LogP contribution in [0.4, 0.5) is 0 Å². The Morgan fingerprint density at radius 1 is 1.25 bits per heavy atom. The Morgan fingerprint density at radius 2 is 1.88 bits per heavy atom.